The minimum absolute atomic E-state index is 0.125. The Bertz CT molecular complexity index is 604. The van der Waals surface area contributed by atoms with Gasteiger partial charge in [-0.1, -0.05) is 30.3 Å². The van der Waals surface area contributed by atoms with Gasteiger partial charge in [0.2, 0.25) is 0 Å². The smallest absolute Gasteiger partial charge is 0.254 e. The van der Waals surface area contributed by atoms with Crippen LogP contribution in [0, 0.1) is 5.82 Å². The largest absolute Gasteiger partial charge is 0.508 e. The van der Waals surface area contributed by atoms with Gasteiger partial charge in [-0.15, -0.1) is 11.6 Å². The van der Waals surface area contributed by atoms with Crippen LogP contribution in [0.2, 0.25) is 0 Å². The molecule has 0 bridgehead atoms. The number of nitrogens with one attached hydrogen (secondary N) is 1. The molecule has 1 atom stereocenters. The molecule has 0 aliphatic heterocycles. The fraction of sp³-hybridized carbons (Fsp3) is 0.133. The van der Waals surface area contributed by atoms with Crippen LogP contribution in [-0.4, -0.2) is 17.6 Å². The molecule has 2 N–H and O–H groups in total. The van der Waals surface area contributed by atoms with Crippen LogP contribution in [-0.2, 0) is 0 Å². The van der Waals surface area contributed by atoms with Crippen LogP contribution in [0.5, 0.6) is 5.75 Å². The van der Waals surface area contributed by atoms with E-state index in [1.165, 1.54) is 12.1 Å². The zero-order valence-corrected chi connectivity index (χ0v) is 11.3. The highest BCUT2D eigenvalue weighted by Gasteiger charge is 2.14. The fourth-order valence-electron chi connectivity index (χ4n) is 1.75. The number of hydrogen-bond donors (Lipinski definition) is 2. The second kappa shape index (κ2) is 6.39. The molecule has 3 nitrogen and oxygen atoms in total. The van der Waals surface area contributed by atoms with Gasteiger partial charge >= 0.3 is 0 Å². The van der Waals surface area contributed by atoms with Gasteiger partial charge in [0.1, 0.15) is 11.6 Å². The van der Waals surface area contributed by atoms with Gasteiger partial charge < -0.3 is 10.4 Å². The van der Waals surface area contributed by atoms with Gasteiger partial charge in [0.15, 0.2) is 0 Å². The summed E-state index contributed by atoms with van der Waals surface area (Å²) >= 11 is 6.15. The van der Waals surface area contributed by atoms with Crippen molar-refractivity contribution in [3.8, 4) is 5.75 Å². The number of benzene rings is 2. The van der Waals surface area contributed by atoms with Gasteiger partial charge in [-0.05, 0) is 17.7 Å². The number of carbonyl (C=O) groups excluding carboxylic acids is 1. The second-order valence-electron chi connectivity index (χ2n) is 4.25. The molecule has 2 aromatic carbocycles. The zero-order valence-electron chi connectivity index (χ0n) is 10.5. The molecule has 0 saturated heterocycles. The molecule has 20 heavy (non-hydrogen) atoms. The molecule has 104 valence electrons. The van der Waals surface area contributed by atoms with Crippen LogP contribution in [0.1, 0.15) is 21.3 Å². The lowest BCUT2D eigenvalue weighted by Gasteiger charge is -2.11. The maximum Gasteiger partial charge on any atom is 0.254 e. The summed E-state index contributed by atoms with van der Waals surface area (Å²) in [7, 11) is 0. The minimum Gasteiger partial charge on any atom is -0.508 e. The van der Waals surface area contributed by atoms with Crippen LogP contribution in [0.25, 0.3) is 0 Å². The first-order chi connectivity index (χ1) is 9.58. The van der Waals surface area contributed by atoms with Crippen LogP contribution < -0.4 is 5.32 Å². The van der Waals surface area contributed by atoms with Crippen molar-refractivity contribution >= 4 is 17.5 Å². The number of phenols is 1. The van der Waals surface area contributed by atoms with Crippen molar-refractivity contribution in [3.05, 3.63) is 65.5 Å². The highest BCUT2D eigenvalue weighted by Crippen LogP contribution is 2.19. The van der Waals surface area contributed by atoms with E-state index in [0.717, 1.165) is 11.6 Å². The number of rotatable bonds is 4. The quantitative estimate of drug-likeness (QED) is 0.850. The topological polar surface area (TPSA) is 49.3 Å². The molecular formula is C15H13ClFNO2. The summed E-state index contributed by atoms with van der Waals surface area (Å²) in [4.78, 5) is 11.8. The van der Waals surface area contributed by atoms with Crippen molar-refractivity contribution in [1.82, 2.24) is 5.32 Å². The van der Waals surface area contributed by atoms with Gasteiger partial charge in [-0.2, -0.15) is 0 Å². The van der Waals surface area contributed by atoms with E-state index in [4.69, 9.17) is 16.7 Å². The predicted octanol–water partition coefficient (Wildman–Crippen LogP) is 3.24. The Morgan fingerprint density at radius 2 is 1.95 bits per heavy atom. The lowest BCUT2D eigenvalue weighted by atomic mass is 10.1. The highest BCUT2D eigenvalue weighted by atomic mass is 35.5. The van der Waals surface area contributed by atoms with E-state index >= 15 is 0 Å². The van der Waals surface area contributed by atoms with Crippen molar-refractivity contribution in [2.75, 3.05) is 6.54 Å². The molecule has 2 aromatic rings. The Kier molecular flexibility index (Phi) is 4.58. The van der Waals surface area contributed by atoms with E-state index in [2.05, 4.69) is 5.32 Å². The number of halogens is 2. The molecule has 0 saturated carbocycles. The van der Waals surface area contributed by atoms with Crippen molar-refractivity contribution in [3.63, 3.8) is 0 Å². The van der Waals surface area contributed by atoms with Gasteiger partial charge in [-0.25, -0.2) is 4.39 Å². The molecule has 0 aromatic heterocycles. The van der Waals surface area contributed by atoms with Gasteiger partial charge in [0.05, 0.1) is 10.9 Å². The van der Waals surface area contributed by atoms with Crippen LogP contribution in [0.3, 0.4) is 0 Å². The summed E-state index contributed by atoms with van der Waals surface area (Å²) in [5, 5.41) is 11.3. The molecule has 0 aliphatic rings. The van der Waals surface area contributed by atoms with E-state index in [-0.39, 0.29) is 23.2 Å². The first-order valence-corrected chi connectivity index (χ1v) is 6.47. The molecule has 1 amide bonds. The molecule has 0 fully saturated rings. The average molecular weight is 294 g/mol. The Morgan fingerprint density at radius 3 is 2.60 bits per heavy atom. The number of hydrogen-bond acceptors (Lipinski definition) is 2. The first kappa shape index (κ1) is 14.3. The Hall–Kier alpha value is -2.07. The van der Waals surface area contributed by atoms with E-state index in [1.54, 1.807) is 0 Å². The lowest BCUT2D eigenvalue weighted by Crippen LogP contribution is -2.27. The van der Waals surface area contributed by atoms with Gasteiger partial charge in [0.25, 0.3) is 5.91 Å². The van der Waals surface area contributed by atoms with Gasteiger partial charge in [-0.3, -0.25) is 4.79 Å². The first-order valence-electron chi connectivity index (χ1n) is 6.03. The second-order valence-corrected chi connectivity index (χ2v) is 4.78. The molecule has 0 radical (unpaired) electrons. The monoisotopic (exact) mass is 293 g/mol. The van der Waals surface area contributed by atoms with E-state index in [9.17, 15) is 9.18 Å². The lowest BCUT2D eigenvalue weighted by molar-refractivity contribution is 0.0949. The number of carbonyl (C=O) groups is 1. The molecule has 5 heteroatoms. The summed E-state index contributed by atoms with van der Waals surface area (Å²) < 4.78 is 13.5. The Balaban J connectivity index is 1.99. The molecule has 2 rings (SSSR count). The summed E-state index contributed by atoms with van der Waals surface area (Å²) in [5.41, 5.74) is 0.750. The van der Waals surface area contributed by atoms with Crippen molar-refractivity contribution < 1.29 is 14.3 Å². The number of phenolic OH excluding ortho intramolecular Hbond substituents is 1. The van der Waals surface area contributed by atoms with Crippen molar-refractivity contribution in [1.29, 1.82) is 0 Å². The summed E-state index contributed by atoms with van der Waals surface area (Å²) in [6, 6.07) is 12.7. The van der Waals surface area contributed by atoms with Gasteiger partial charge in [0, 0.05) is 12.6 Å². The van der Waals surface area contributed by atoms with Crippen molar-refractivity contribution in [2.45, 2.75) is 5.38 Å². The zero-order chi connectivity index (χ0) is 14.5. The molecule has 0 heterocycles. The number of alkyl halides is 1. The SMILES string of the molecule is O=C(NCC(Cl)c1ccccc1)c1ccc(O)cc1F. The third-order valence-electron chi connectivity index (χ3n) is 2.80. The third kappa shape index (κ3) is 3.48. The molecule has 0 spiro atoms. The standard InChI is InChI=1S/C15H13ClFNO2/c16-13(10-4-2-1-3-5-10)9-18-15(20)12-7-6-11(19)8-14(12)17/h1-8,13,19H,9H2,(H,18,20). The maximum absolute atomic E-state index is 13.5. The summed E-state index contributed by atoms with van der Waals surface area (Å²) in [6.45, 7) is 0.185. The third-order valence-corrected chi connectivity index (χ3v) is 3.21. The molecule has 0 aliphatic carbocycles. The maximum atomic E-state index is 13.5. The highest BCUT2D eigenvalue weighted by molar-refractivity contribution is 6.21. The number of aromatic hydroxyl groups is 1. The molecule has 1 unspecified atom stereocenters. The number of amides is 1. The fourth-order valence-corrected chi connectivity index (χ4v) is 1.97. The predicted molar refractivity (Wildman–Crippen MR) is 75.4 cm³/mol. The Labute approximate surface area is 121 Å². The normalized spacial score (nSPS) is 11.9. The van der Waals surface area contributed by atoms with E-state index < -0.39 is 11.7 Å². The van der Waals surface area contributed by atoms with Crippen LogP contribution in [0.4, 0.5) is 4.39 Å². The average Bonchev–Trinajstić information content (AvgIpc) is 2.45. The minimum atomic E-state index is -0.770. The molecular weight excluding hydrogens is 281 g/mol. The summed E-state index contributed by atoms with van der Waals surface area (Å²) in [5.74, 6) is -1.56. The van der Waals surface area contributed by atoms with Crippen LogP contribution in [0.15, 0.2) is 48.5 Å². The summed E-state index contributed by atoms with van der Waals surface area (Å²) in [6.07, 6.45) is 0. The van der Waals surface area contributed by atoms with Crippen LogP contribution >= 0.6 is 11.6 Å². The van der Waals surface area contributed by atoms with E-state index in [1.807, 2.05) is 30.3 Å². The van der Waals surface area contributed by atoms with Crippen molar-refractivity contribution in [2.24, 2.45) is 0 Å². The van der Waals surface area contributed by atoms with E-state index in [0.29, 0.717) is 0 Å². The Morgan fingerprint density at radius 1 is 1.25 bits per heavy atom.